The Hall–Kier alpha value is -1.53. The van der Waals surface area contributed by atoms with Gasteiger partial charge in [-0.3, -0.25) is 4.79 Å². The largest absolute Gasteiger partial charge is 0.370 e. The van der Waals surface area contributed by atoms with Crippen LogP contribution in [-0.2, 0) is 21.8 Å². The summed E-state index contributed by atoms with van der Waals surface area (Å²) in [5.74, 6) is 1.25. The van der Waals surface area contributed by atoms with Crippen LogP contribution in [0.1, 0.15) is 11.1 Å². The van der Waals surface area contributed by atoms with Crippen LogP contribution in [0, 0.1) is 0 Å². The molecule has 4 nitrogen and oxygen atoms in total. The van der Waals surface area contributed by atoms with Crippen molar-refractivity contribution < 1.29 is 14.4 Å². The highest BCUT2D eigenvalue weighted by atomic mass is 35.5. The van der Waals surface area contributed by atoms with Gasteiger partial charge in [0.15, 0.2) is 0 Å². The number of halogens is 1. The van der Waals surface area contributed by atoms with Crippen LogP contribution in [-0.4, -0.2) is 38.0 Å². The van der Waals surface area contributed by atoms with Gasteiger partial charge in [-0.15, -0.1) is 11.8 Å². The Morgan fingerprint density at radius 1 is 1.04 bits per heavy atom. The highest BCUT2D eigenvalue weighted by Crippen LogP contribution is 2.16. The van der Waals surface area contributed by atoms with Crippen LogP contribution < -0.4 is 10.2 Å². The summed E-state index contributed by atoms with van der Waals surface area (Å²) >= 11 is 7.47. The molecule has 26 heavy (non-hydrogen) atoms. The maximum atomic E-state index is 12.1. The third-order valence-corrected chi connectivity index (χ3v) is 5.56. The van der Waals surface area contributed by atoms with E-state index in [1.54, 1.807) is 16.7 Å². The van der Waals surface area contributed by atoms with E-state index < -0.39 is 0 Å². The Morgan fingerprint density at radius 2 is 1.69 bits per heavy atom. The molecule has 0 saturated carbocycles. The molecule has 1 aliphatic heterocycles. The van der Waals surface area contributed by atoms with E-state index in [1.165, 1.54) is 11.1 Å². The number of carbonyl (C=O) groups excluding carboxylic acids is 1. The van der Waals surface area contributed by atoms with Crippen LogP contribution in [0.4, 0.5) is 5.69 Å². The van der Waals surface area contributed by atoms with E-state index >= 15 is 0 Å². The molecule has 138 valence electrons. The summed E-state index contributed by atoms with van der Waals surface area (Å²) in [6.45, 7) is 4.81. The minimum absolute atomic E-state index is 0.0236. The van der Waals surface area contributed by atoms with Crippen LogP contribution in [0.5, 0.6) is 0 Å². The van der Waals surface area contributed by atoms with Crippen molar-refractivity contribution in [1.29, 1.82) is 0 Å². The van der Waals surface area contributed by atoms with Crippen LogP contribution >= 0.6 is 23.4 Å². The molecule has 0 aliphatic carbocycles. The fraction of sp³-hybridized carbons (Fsp3) is 0.350. The lowest BCUT2D eigenvalue weighted by molar-refractivity contribution is -0.921. The molecule has 2 N–H and O–H groups in total. The number of benzene rings is 2. The Balaban J connectivity index is 1.40. The molecule has 1 saturated heterocycles. The van der Waals surface area contributed by atoms with Crippen LogP contribution in [0.2, 0.25) is 5.02 Å². The van der Waals surface area contributed by atoms with Crippen molar-refractivity contribution >= 4 is 35.0 Å². The van der Waals surface area contributed by atoms with Crippen molar-refractivity contribution in [3.63, 3.8) is 0 Å². The number of nitrogens with one attached hydrogen (secondary N) is 2. The fourth-order valence-corrected chi connectivity index (χ4v) is 3.78. The normalized spacial score (nSPS) is 15.0. The molecule has 6 heteroatoms. The maximum absolute atomic E-state index is 12.1. The SMILES string of the molecule is O=C(CSCc1ccc(Cl)cc1)Nc1ccc(C[NH+]2CCOCC2)cc1. The highest BCUT2D eigenvalue weighted by Gasteiger charge is 2.14. The average Bonchev–Trinajstić information content (AvgIpc) is 2.66. The third kappa shape index (κ3) is 6.32. The van der Waals surface area contributed by atoms with Crippen LogP contribution in [0.3, 0.4) is 0 Å². The topological polar surface area (TPSA) is 42.8 Å². The Bertz CT molecular complexity index is 701. The monoisotopic (exact) mass is 391 g/mol. The predicted molar refractivity (Wildman–Crippen MR) is 108 cm³/mol. The van der Waals surface area contributed by atoms with Gasteiger partial charge in [-0.1, -0.05) is 35.9 Å². The number of hydrogen-bond acceptors (Lipinski definition) is 3. The molecule has 0 unspecified atom stereocenters. The van der Waals surface area contributed by atoms with Crippen LogP contribution in [0.25, 0.3) is 0 Å². The number of carbonyl (C=O) groups is 1. The molecule has 0 aromatic heterocycles. The van der Waals surface area contributed by atoms with Gasteiger partial charge in [-0.2, -0.15) is 0 Å². The molecule has 0 spiro atoms. The van der Waals surface area contributed by atoms with Crippen molar-refractivity contribution in [1.82, 2.24) is 0 Å². The van der Waals surface area contributed by atoms with Gasteiger partial charge in [0, 0.05) is 22.0 Å². The number of anilines is 1. The van der Waals surface area contributed by atoms with Crippen LogP contribution in [0.15, 0.2) is 48.5 Å². The molecule has 2 aromatic rings. The quantitative estimate of drug-likeness (QED) is 0.762. The first-order chi connectivity index (χ1) is 12.7. The lowest BCUT2D eigenvalue weighted by Gasteiger charge is -2.23. The first kappa shape index (κ1) is 19.2. The van der Waals surface area contributed by atoms with Gasteiger partial charge >= 0.3 is 0 Å². The van der Waals surface area contributed by atoms with Gasteiger partial charge in [-0.05, 0) is 29.8 Å². The lowest BCUT2D eigenvalue weighted by atomic mass is 10.2. The number of rotatable bonds is 7. The third-order valence-electron chi connectivity index (χ3n) is 4.31. The minimum atomic E-state index is 0.0236. The van der Waals surface area contributed by atoms with Gasteiger partial charge < -0.3 is 15.0 Å². The van der Waals surface area contributed by atoms with Gasteiger partial charge in [0.2, 0.25) is 5.91 Å². The first-order valence-corrected chi connectivity index (χ1v) is 10.3. The molecule has 1 amide bonds. The van der Waals surface area contributed by atoms with Crippen molar-refractivity contribution in [3.05, 3.63) is 64.7 Å². The van der Waals surface area contributed by atoms with Gasteiger partial charge in [0.1, 0.15) is 19.6 Å². The molecule has 0 bridgehead atoms. The predicted octanol–water partition coefficient (Wildman–Crippen LogP) is 2.63. The second kappa shape index (κ2) is 9.97. The molecule has 0 atom stereocenters. The van der Waals surface area contributed by atoms with E-state index in [4.69, 9.17) is 16.3 Å². The van der Waals surface area contributed by atoms with E-state index in [0.717, 1.165) is 49.3 Å². The van der Waals surface area contributed by atoms with Gasteiger partial charge in [0.25, 0.3) is 0 Å². The van der Waals surface area contributed by atoms with Crippen molar-refractivity contribution in [2.75, 3.05) is 37.4 Å². The summed E-state index contributed by atoms with van der Waals surface area (Å²) in [4.78, 5) is 13.6. The second-order valence-electron chi connectivity index (χ2n) is 6.40. The Labute approximate surface area is 163 Å². The maximum Gasteiger partial charge on any atom is 0.234 e. The van der Waals surface area contributed by atoms with E-state index in [0.29, 0.717) is 5.75 Å². The van der Waals surface area contributed by atoms with Gasteiger partial charge in [0.05, 0.1) is 19.0 Å². The Kier molecular flexibility index (Phi) is 7.38. The van der Waals surface area contributed by atoms with Gasteiger partial charge in [-0.25, -0.2) is 0 Å². The van der Waals surface area contributed by atoms with E-state index in [-0.39, 0.29) is 5.91 Å². The zero-order valence-corrected chi connectivity index (χ0v) is 16.2. The molecule has 2 aromatic carbocycles. The average molecular weight is 392 g/mol. The Morgan fingerprint density at radius 3 is 2.38 bits per heavy atom. The molecule has 1 aliphatic rings. The van der Waals surface area contributed by atoms with Crippen molar-refractivity contribution in [2.45, 2.75) is 12.3 Å². The standard InChI is InChI=1S/C20H23ClN2O2S/c21-18-5-1-17(2-6-18)14-26-15-20(24)22-19-7-3-16(4-8-19)13-23-9-11-25-12-10-23/h1-8H,9-15H2,(H,22,24)/p+1. The van der Waals surface area contributed by atoms with E-state index in [9.17, 15) is 4.79 Å². The second-order valence-corrected chi connectivity index (χ2v) is 7.83. The molecule has 1 heterocycles. The van der Waals surface area contributed by atoms with E-state index in [2.05, 4.69) is 17.4 Å². The molecule has 3 rings (SSSR count). The lowest BCUT2D eigenvalue weighted by Crippen LogP contribution is -3.12. The highest BCUT2D eigenvalue weighted by molar-refractivity contribution is 7.99. The molecular formula is C20H24ClN2O2S+. The summed E-state index contributed by atoms with van der Waals surface area (Å²) in [5, 5.41) is 3.69. The smallest absolute Gasteiger partial charge is 0.234 e. The number of amides is 1. The summed E-state index contributed by atoms with van der Waals surface area (Å²) in [6, 6.07) is 15.9. The zero-order valence-electron chi connectivity index (χ0n) is 14.7. The number of quaternary nitrogens is 1. The number of morpholine rings is 1. The molecule has 0 radical (unpaired) electrons. The zero-order chi connectivity index (χ0) is 18.2. The molecule has 1 fully saturated rings. The summed E-state index contributed by atoms with van der Waals surface area (Å²) in [6.07, 6.45) is 0. The number of ether oxygens (including phenoxy) is 1. The number of thioether (sulfide) groups is 1. The van der Waals surface area contributed by atoms with Crippen molar-refractivity contribution in [2.24, 2.45) is 0 Å². The minimum Gasteiger partial charge on any atom is -0.370 e. The summed E-state index contributed by atoms with van der Waals surface area (Å²) in [7, 11) is 0. The van der Waals surface area contributed by atoms with E-state index in [1.807, 2.05) is 36.4 Å². The first-order valence-electron chi connectivity index (χ1n) is 8.81. The summed E-state index contributed by atoms with van der Waals surface area (Å²) in [5.41, 5.74) is 3.31. The fourth-order valence-electron chi connectivity index (χ4n) is 2.87. The number of hydrogen-bond donors (Lipinski definition) is 2. The molecular weight excluding hydrogens is 368 g/mol. The summed E-state index contributed by atoms with van der Waals surface area (Å²) < 4.78 is 5.39. The van der Waals surface area contributed by atoms with Crippen molar-refractivity contribution in [3.8, 4) is 0 Å².